The van der Waals surface area contributed by atoms with Gasteiger partial charge in [0.25, 0.3) is 0 Å². The Morgan fingerprint density at radius 3 is 2.00 bits per heavy atom. The average Bonchev–Trinajstić information content (AvgIpc) is 2.34. The first-order chi connectivity index (χ1) is 4.93. The molecule has 0 N–H and O–H groups in total. The summed E-state index contributed by atoms with van der Waals surface area (Å²) in [4.78, 5) is 0. The van der Waals surface area contributed by atoms with Gasteiger partial charge in [0.1, 0.15) is 0 Å². The summed E-state index contributed by atoms with van der Waals surface area (Å²) >= 11 is 0. The molecule has 0 aromatic rings. The second-order valence-electron chi connectivity index (χ2n) is 5.25. The molecule has 0 aromatic heterocycles. The van der Waals surface area contributed by atoms with Crippen LogP contribution in [0.25, 0.3) is 0 Å². The van der Waals surface area contributed by atoms with Crippen LogP contribution in [0.2, 0.25) is 0 Å². The van der Waals surface area contributed by atoms with E-state index in [0.717, 1.165) is 5.92 Å². The normalized spacial score (nSPS) is 43.1. The topological polar surface area (TPSA) is 0 Å². The highest BCUT2D eigenvalue weighted by molar-refractivity contribution is 5.08. The van der Waals surface area contributed by atoms with E-state index >= 15 is 0 Å². The van der Waals surface area contributed by atoms with Crippen LogP contribution in [0, 0.1) is 16.7 Å². The zero-order valence-corrected chi connectivity index (χ0v) is 8.70. The molecule has 0 amide bonds. The predicted molar refractivity (Wildman–Crippen MR) is 50.6 cm³/mol. The van der Waals surface area contributed by atoms with Crippen LogP contribution in [-0.4, -0.2) is 0 Å². The lowest BCUT2D eigenvalue weighted by Gasteiger charge is -2.18. The van der Waals surface area contributed by atoms with Crippen molar-refractivity contribution in [2.75, 3.05) is 0 Å². The average molecular weight is 154 g/mol. The van der Waals surface area contributed by atoms with E-state index in [1.54, 1.807) is 0 Å². The molecule has 1 aliphatic rings. The molecule has 1 aliphatic carbocycles. The summed E-state index contributed by atoms with van der Waals surface area (Å²) in [6, 6.07) is 0. The van der Waals surface area contributed by atoms with E-state index in [4.69, 9.17) is 0 Å². The Morgan fingerprint density at radius 1 is 1.18 bits per heavy atom. The van der Waals surface area contributed by atoms with Crippen molar-refractivity contribution < 1.29 is 0 Å². The molecule has 0 heterocycles. The van der Waals surface area contributed by atoms with Gasteiger partial charge >= 0.3 is 0 Å². The van der Waals surface area contributed by atoms with Crippen molar-refractivity contribution in [1.29, 1.82) is 0 Å². The third-order valence-electron chi connectivity index (χ3n) is 3.75. The number of hydrogen-bond donors (Lipinski definition) is 0. The van der Waals surface area contributed by atoms with Crippen molar-refractivity contribution in [1.82, 2.24) is 0 Å². The standard InChI is InChI=1S/C11H22/c1-6-10(4)8-11(10,5)7-9(2)3/h9H,6-8H2,1-5H3. The fourth-order valence-corrected chi connectivity index (χ4v) is 2.59. The highest BCUT2D eigenvalue weighted by Crippen LogP contribution is 2.68. The van der Waals surface area contributed by atoms with Gasteiger partial charge in [-0.2, -0.15) is 0 Å². The fourth-order valence-electron chi connectivity index (χ4n) is 2.59. The van der Waals surface area contributed by atoms with E-state index in [9.17, 15) is 0 Å². The van der Waals surface area contributed by atoms with Crippen LogP contribution in [0.15, 0.2) is 0 Å². The molecule has 2 unspecified atom stereocenters. The van der Waals surface area contributed by atoms with Crippen LogP contribution in [-0.2, 0) is 0 Å². The maximum atomic E-state index is 2.45. The van der Waals surface area contributed by atoms with Gasteiger partial charge < -0.3 is 0 Å². The van der Waals surface area contributed by atoms with E-state index in [1.807, 2.05) is 0 Å². The van der Waals surface area contributed by atoms with Crippen LogP contribution < -0.4 is 0 Å². The van der Waals surface area contributed by atoms with Crippen molar-refractivity contribution in [3.63, 3.8) is 0 Å². The fraction of sp³-hybridized carbons (Fsp3) is 1.00. The summed E-state index contributed by atoms with van der Waals surface area (Å²) in [5.41, 5.74) is 1.35. The first-order valence-electron chi connectivity index (χ1n) is 4.93. The van der Waals surface area contributed by atoms with Crippen LogP contribution in [0.3, 0.4) is 0 Å². The summed E-state index contributed by atoms with van der Waals surface area (Å²) < 4.78 is 0. The molecule has 0 spiro atoms. The van der Waals surface area contributed by atoms with Crippen LogP contribution in [0.5, 0.6) is 0 Å². The van der Waals surface area contributed by atoms with Gasteiger partial charge in [-0.05, 0) is 29.6 Å². The van der Waals surface area contributed by atoms with Gasteiger partial charge in [-0.1, -0.05) is 41.0 Å². The molecule has 0 nitrogen and oxygen atoms in total. The lowest BCUT2D eigenvalue weighted by Crippen LogP contribution is -2.09. The molecule has 1 fully saturated rings. The van der Waals surface area contributed by atoms with Gasteiger partial charge in [-0.15, -0.1) is 0 Å². The molecular weight excluding hydrogens is 132 g/mol. The smallest absolute Gasteiger partial charge is 0.0264 e. The lowest BCUT2D eigenvalue weighted by molar-refractivity contribution is 0.315. The lowest BCUT2D eigenvalue weighted by atomic mass is 9.87. The van der Waals surface area contributed by atoms with E-state index < -0.39 is 0 Å². The van der Waals surface area contributed by atoms with Crippen molar-refractivity contribution >= 4 is 0 Å². The molecule has 0 aliphatic heterocycles. The van der Waals surface area contributed by atoms with Gasteiger partial charge in [0.05, 0.1) is 0 Å². The molecule has 0 aromatic carbocycles. The molecule has 0 bridgehead atoms. The Labute approximate surface area is 71.4 Å². The largest absolute Gasteiger partial charge is 0.0648 e. The zero-order chi connectivity index (χ0) is 8.70. The maximum Gasteiger partial charge on any atom is -0.0264 e. The van der Waals surface area contributed by atoms with Crippen LogP contribution in [0.1, 0.15) is 53.9 Å². The van der Waals surface area contributed by atoms with Crippen LogP contribution >= 0.6 is 0 Å². The minimum absolute atomic E-state index is 0.677. The Hall–Kier alpha value is 0. The number of rotatable bonds is 3. The molecule has 0 heteroatoms. The first kappa shape index (κ1) is 9.09. The Bertz CT molecular complexity index is 148. The highest BCUT2D eigenvalue weighted by atomic mass is 14.6. The van der Waals surface area contributed by atoms with Gasteiger partial charge in [0, 0.05) is 0 Å². The van der Waals surface area contributed by atoms with E-state index in [2.05, 4.69) is 34.6 Å². The molecular formula is C11H22. The Balaban J connectivity index is 2.48. The SMILES string of the molecule is CCC1(C)CC1(C)CC(C)C. The summed E-state index contributed by atoms with van der Waals surface area (Å²) in [5.74, 6) is 0.869. The highest BCUT2D eigenvalue weighted by Gasteiger charge is 2.58. The summed E-state index contributed by atoms with van der Waals surface area (Å²) in [7, 11) is 0. The van der Waals surface area contributed by atoms with E-state index in [1.165, 1.54) is 19.3 Å². The Kier molecular flexibility index (Phi) is 2.07. The quantitative estimate of drug-likeness (QED) is 0.579. The molecule has 1 saturated carbocycles. The van der Waals surface area contributed by atoms with Gasteiger partial charge in [-0.3, -0.25) is 0 Å². The van der Waals surface area contributed by atoms with Gasteiger partial charge in [0.15, 0.2) is 0 Å². The first-order valence-corrected chi connectivity index (χ1v) is 4.93. The van der Waals surface area contributed by atoms with Crippen molar-refractivity contribution in [2.24, 2.45) is 16.7 Å². The van der Waals surface area contributed by atoms with Gasteiger partial charge in [-0.25, -0.2) is 0 Å². The summed E-state index contributed by atoms with van der Waals surface area (Å²) in [6.07, 6.45) is 4.22. The predicted octanol–water partition coefficient (Wildman–Crippen LogP) is 3.86. The van der Waals surface area contributed by atoms with Crippen molar-refractivity contribution in [2.45, 2.75) is 53.9 Å². The molecule has 66 valence electrons. The maximum absolute atomic E-state index is 2.45. The van der Waals surface area contributed by atoms with E-state index in [-0.39, 0.29) is 0 Å². The number of hydrogen-bond acceptors (Lipinski definition) is 0. The second kappa shape index (κ2) is 2.50. The molecule has 0 radical (unpaired) electrons. The van der Waals surface area contributed by atoms with Crippen molar-refractivity contribution in [3.8, 4) is 0 Å². The third-order valence-corrected chi connectivity index (χ3v) is 3.75. The Morgan fingerprint density at radius 2 is 1.73 bits per heavy atom. The monoisotopic (exact) mass is 154 g/mol. The molecule has 1 rings (SSSR count). The molecule has 0 saturated heterocycles. The second-order valence-corrected chi connectivity index (χ2v) is 5.25. The van der Waals surface area contributed by atoms with Crippen LogP contribution in [0.4, 0.5) is 0 Å². The minimum Gasteiger partial charge on any atom is -0.0648 e. The minimum atomic E-state index is 0.677. The van der Waals surface area contributed by atoms with Gasteiger partial charge in [0.2, 0.25) is 0 Å². The summed E-state index contributed by atoms with van der Waals surface area (Å²) in [6.45, 7) is 11.9. The van der Waals surface area contributed by atoms with Crippen molar-refractivity contribution in [3.05, 3.63) is 0 Å². The van der Waals surface area contributed by atoms with E-state index in [0.29, 0.717) is 10.8 Å². The summed E-state index contributed by atoms with van der Waals surface area (Å²) in [5, 5.41) is 0. The zero-order valence-electron chi connectivity index (χ0n) is 8.70. The molecule has 2 atom stereocenters. The molecule has 11 heavy (non-hydrogen) atoms. The third kappa shape index (κ3) is 1.45.